The maximum Gasteiger partial charge on any atom is 0.240 e. The van der Waals surface area contributed by atoms with E-state index in [4.69, 9.17) is 14.1 Å². The van der Waals surface area contributed by atoms with E-state index >= 15 is 0 Å². The molecule has 3 heterocycles. The molecule has 176 valence electrons. The maximum absolute atomic E-state index is 12.9. The first-order valence-corrected chi connectivity index (χ1v) is 11.3. The van der Waals surface area contributed by atoms with Crippen molar-refractivity contribution in [1.82, 2.24) is 20.0 Å². The van der Waals surface area contributed by atoms with Gasteiger partial charge in [-0.1, -0.05) is 0 Å². The van der Waals surface area contributed by atoms with E-state index < -0.39 is 0 Å². The topological polar surface area (TPSA) is 73.5 Å². The minimum Gasteiger partial charge on any atom is -0.469 e. The molecule has 1 N–H and O–H groups in total. The lowest BCUT2D eigenvalue weighted by molar-refractivity contribution is -0.136. The van der Waals surface area contributed by atoms with Crippen molar-refractivity contribution in [2.24, 2.45) is 4.99 Å². The van der Waals surface area contributed by atoms with Crippen LogP contribution in [0, 0.1) is 0 Å². The number of rotatable bonds is 9. The van der Waals surface area contributed by atoms with Crippen molar-refractivity contribution in [1.29, 1.82) is 0 Å². The van der Waals surface area contributed by atoms with Crippen molar-refractivity contribution in [3.8, 4) is 0 Å². The molecule has 2 aliphatic rings. The van der Waals surface area contributed by atoms with Crippen LogP contribution >= 0.6 is 24.0 Å². The van der Waals surface area contributed by atoms with Gasteiger partial charge in [0, 0.05) is 58.9 Å². The molecule has 0 spiro atoms. The summed E-state index contributed by atoms with van der Waals surface area (Å²) in [5.41, 5.74) is 0. The van der Waals surface area contributed by atoms with Crippen molar-refractivity contribution in [2.45, 2.75) is 38.6 Å². The Morgan fingerprint density at radius 2 is 2.03 bits per heavy atom. The molecule has 1 atom stereocenters. The molecule has 1 aromatic rings. The summed E-state index contributed by atoms with van der Waals surface area (Å²) in [5.74, 6) is 2.17. The van der Waals surface area contributed by atoms with E-state index in [0.29, 0.717) is 0 Å². The number of nitrogens with zero attached hydrogens (tertiary/aromatic N) is 4. The highest BCUT2D eigenvalue weighted by molar-refractivity contribution is 14.0. The van der Waals surface area contributed by atoms with Crippen LogP contribution in [-0.4, -0.2) is 98.7 Å². The van der Waals surface area contributed by atoms with Gasteiger partial charge in [0.1, 0.15) is 5.76 Å². The summed E-state index contributed by atoms with van der Waals surface area (Å²) in [6.45, 7) is 9.12. The molecule has 2 saturated heterocycles. The van der Waals surface area contributed by atoms with Crippen LogP contribution in [0.4, 0.5) is 0 Å². The van der Waals surface area contributed by atoms with E-state index in [1.807, 2.05) is 24.0 Å². The Bertz CT molecular complexity index is 662. The number of halogens is 1. The van der Waals surface area contributed by atoms with Crippen LogP contribution in [-0.2, 0) is 16.0 Å². The van der Waals surface area contributed by atoms with Crippen LogP contribution in [0.3, 0.4) is 0 Å². The second kappa shape index (κ2) is 13.9. The zero-order valence-corrected chi connectivity index (χ0v) is 21.3. The number of aliphatic imine (C=N–C) groups is 1. The molecule has 2 fully saturated rings. The number of nitrogens with one attached hydrogen (secondary N) is 1. The molecule has 1 aromatic heterocycles. The summed E-state index contributed by atoms with van der Waals surface area (Å²) in [5, 5.41) is 3.49. The normalized spacial score (nSPS) is 20.1. The molecule has 0 saturated carbocycles. The summed E-state index contributed by atoms with van der Waals surface area (Å²) in [6.07, 6.45) is 5.53. The van der Waals surface area contributed by atoms with E-state index in [-0.39, 0.29) is 35.9 Å². The van der Waals surface area contributed by atoms with E-state index in [2.05, 4.69) is 22.2 Å². The summed E-state index contributed by atoms with van der Waals surface area (Å²) < 4.78 is 10.9. The van der Waals surface area contributed by atoms with Gasteiger partial charge in [0.2, 0.25) is 5.91 Å². The average molecular weight is 547 g/mol. The number of hydrogen-bond donors (Lipinski definition) is 1. The van der Waals surface area contributed by atoms with Gasteiger partial charge in [-0.25, -0.2) is 0 Å². The van der Waals surface area contributed by atoms with E-state index in [0.717, 1.165) is 96.4 Å². The van der Waals surface area contributed by atoms with Gasteiger partial charge in [0.05, 0.1) is 12.3 Å². The summed E-state index contributed by atoms with van der Waals surface area (Å²) in [4.78, 5) is 24.2. The van der Waals surface area contributed by atoms with Crippen molar-refractivity contribution in [3.05, 3.63) is 24.2 Å². The first-order valence-electron chi connectivity index (χ1n) is 11.3. The van der Waals surface area contributed by atoms with Gasteiger partial charge in [-0.3, -0.25) is 14.7 Å². The maximum atomic E-state index is 12.9. The molecule has 3 rings (SSSR count). The highest BCUT2D eigenvalue weighted by Gasteiger charge is 2.33. The van der Waals surface area contributed by atoms with Gasteiger partial charge < -0.3 is 24.3 Å². The molecule has 0 aromatic carbocycles. The molecule has 0 radical (unpaired) electrons. The van der Waals surface area contributed by atoms with Gasteiger partial charge in [-0.2, -0.15) is 0 Å². The van der Waals surface area contributed by atoms with Gasteiger partial charge in [-0.15, -0.1) is 24.0 Å². The summed E-state index contributed by atoms with van der Waals surface area (Å²) in [7, 11) is 2.06. The Hall–Kier alpha value is -1.33. The fraction of sp³-hybridized carbons (Fsp3) is 0.727. The highest BCUT2D eigenvalue weighted by Crippen LogP contribution is 2.18. The van der Waals surface area contributed by atoms with E-state index in [9.17, 15) is 4.79 Å². The number of hydrogen-bond acceptors (Lipinski definition) is 5. The SMILES string of the molecule is CCOCCCN=C(NCCc1ccco1)N1CCN(C(=O)C2CCCN2C)CC1.I. The molecule has 8 nitrogen and oxygen atoms in total. The fourth-order valence-electron chi connectivity index (χ4n) is 4.09. The number of furan rings is 1. The molecule has 1 amide bonds. The number of likely N-dealkylation sites (tertiary alicyclic amines) is 1. The van der Waals surface area contributed by atoms with Crippen LogP contribution in [0.1, 0.15) is 31.9 Å². The first-order chi connectivity index (χ1) is 14.7. The van der Waals surface area contributed by atoms with Crippen LogP contribution in [0.15, 0.2) is 27.8 Å². The lowest BCUT2D eigenvalue weighted by Gasteiger charge is -2.38. The largest absolute Gasteiger partial charge is 0.469 e. The molecule has 2 aliphatic heterocycles. The zero-order chi connectivity index (χ0) is 21.2. The average Bonchev–Trinajstić information content (AvgIpc) is 3.43. The van der Waals surface area contributed by atoms with Crippen LogP contribution in [0.2, 0.25) is 0 Å². The molecule has 9 heteroatoms. The van der Waals surface area contributed by atoms with Gasteiger partial charge in [-0.05, 0) is 51.9 Å². The molecule has 1 unspecified atom stereocenters. The van der Waals surface area contributed by atoms with Crippen LogP contribution < -0.4 is 5.32 Å². The van der Waals surface area contributed by atoms with Crippen molar-refractivity contribution in [2.75, 3.05) is 66.1 Å². The van der Waals surface area contributed by atoms with E-state index in [1.165, 1.54) is 0 Å². The van der Waals surface area contributed by atoms with Crippen LogP contribution in [0.25, 0.3) is 0 Å². The number of ether oxygens (including phenoxy) is 1. The van der Waals surface area contributed by atoms with E-state index in [1.54, 1.807) is 6.26 Å². The number of likely N-dealkylation sites (N-methyl/N-ethyl adjacent to an activating group) is 1. The summed E-state index contributed by atoms with van der Waals surface area (Å²) >= 11 is 0. The Labute approximate surface area is 203 Å². The standard InChI is InChI=1S/C22H37N5O3.HI/c1-3-29-17-6-10-23-22(24-11-9-19-7-5-18-30-19)27-15-13-26(14-16-27)21(28)20-8-4-12-25(20)2;/h5,7,18,20H,3-4,6,8-17H2,1-2H3,(H,23,24);1H. The van der Waals surface area contributed by atoms with Crippen molar-refractivity contribution in [3.63, 3.8) is 0 Å². The lowest BCUT2D eigenvalue weighted by atomic mass is 10.1. The number of carbonyl (C=O) groups is 1. The monoisotopic (exact) mass is 547 g/mol. The van der Waals surface area contributed by atoms with Gasteiger partial charge >= 0.3 is 0 Å². The zero-order valence-electron chi connectivity index (χ0n) is 18.9. The number of guanidine groups is 1. The Balaban J connectivity index is 0.00000341. The third kappa shape index (κ3) is 7.94. The number of piperazine rings is 1. The Morgan fingerprint density at radius 1 is 1.26 bits per heavy atom. The van der Waals surface area contributed by atoms with Gasteiger partial charge in [0.15, 0.2) is 5.96 Å². The molecular weight excluding hydrogens is 509 g/mol. The van der Waals surface area contributed by atoms with Gasteiger partial charge in [0.25, 0.3) is 0 Å². The molecule has 31 heavy (non-hydrogen) atoms. The first kappa shape index (κ1) is 25.9. The van der Waals surface area contributed by atoms with Crippen LogP contribution in [0.5, 0.6) is 0 Å². The molecule has 0 aliphatic carbocycles. The lowest BCUT2D eigenvalue weighted by Crippen LogP contribution is -2.56. The van der Waals surface area contributed by atoms with Crippen molar-refractivity contribution < 1.29 is 13.9 Å². The second-order valence-electron chi connectivity index (χ2n) is 7.96. The number of carbonyl (C=O) groups excluding carboxylic acids is 1. The molecular formula is C22H38IN5O3. The Kier molecular flexibility index (Phi) is 11.7. The fourth-order valence-corrected chi connectivity index (χ4v) is 4.09. The minimum absolute atomic E-state index is 0. The highest BCUT2D eigenvalue weighted by atomic mass is 127. The smallest absolute Gasteiger partial charge is 0.240 e. The third-order valence-corrected chi connectivity index (χ3v) is 5.84. The summed E-state index contributed by atoms with van der Waals surface area (Å²) in [6, 6.07) is 3.97. The second-order valence-corrected chi connectivity index (χ2v) is 7.96. The molecule has 0 bridgehead atoms. The predicted octanol–water partition coefficient (Wildman–Crippen LogP) is 2.05. The Morgan fingerprint density at radius 3 is 2.68 bits per heavy atom. The predicted molar refractivity (Wildman–Crippen MR) is 133 cm³/mol. The number of amides is 1. The third-order valence-electron chi connectivity index (χ3n) is 5.84. The van der Waals surface area contributed by atoms with Crippen molar-refractivity contribution >= 4 is 35.8 Å². The minimum atomic E-state index is 0. The quantitative estimate of drug-likeness (QED) is 0.221.